The number of nitrogens with one attached hydrogen (secondary N) is 1. The summed E-state index contributed by atoms with van der Waals surface area (Å²) in [5.74, 6) is -0.0168. The first-order chi connectivity index (χ1) is 38.5. The van der Waals surface area contributed by atoms with E-state index >= 15 is 0 Å². The number of unbranched alkanes of at least 4 members (excludes halogenated alkanes) is 55. The summed E-state index contributed by atoms with van der Waals surface area (Å²) in [6.07, 6.45) is 84.0. The van der Waals surface area contributed by atoms with Gasteiger partial charge >= 0.3 is 5.97 Å². The smallest absolute Gasteiger partial charge is 0.305 e. The fourth-order valence-electron chi connectivity index (χ4n) is 11.6. The number of aliphatic hydroxyl groups is 2. The van der Waals surface area contributed by atoms with Crippen LogP contribution < -0.4 is 5.32 Å². The number of carbonyl (C=O) groups is 2. The van der Waals surface area contributed by atoms with E-state index < -0.39 is 12.1 Å². The predicted octanol–water partition coefficient (Wildman–Crippen LogP) is 23.1. The van der Waals surface area contributed by atoms with Crippen LogP contribution >= 0.6 is 0 Å². The lowest BCUT2D eigenvalue weighted by molar-refractivity contribution is -0.143. The van der Waals surface area contributed by atoms with Crippen molar-refractivity contribution in [2.45, 2.75) is 424 Å². The van der Waals surface area contributed by atoms with Crippen molar-refractivity contribution in [3.8, 4) is 0 Å². The maximum atomic E-state index is 12.5. The highest BCUT2D eigenvalue weighted by Gasteiger charge is 2.20. The van der Waals surface area contributed by atoms with Gasteiger partial charge in [0.25, 0.3) is 0 Å². The molecule has 1 amide bonds. The molecule has 0 saturated heterocycles. The Balaban J connectivity index is 3.36. The molecule has 464 valence electrons. The zero-order chi connectivity index (χ0) is 56.4. The van der Waals surface area contributed by atoms with Gasteiger partial charge in [0.05, 0.1) is 25.4 Å². The number of aliphatic hydroxyl groups excluding tert-OH is 2. The Labute approximate surface area is 489 Å². The van der Waals surface area contributed by atoms with E-state index in [9.17, 15) is 19.8 Å². The van der Waals surface area contributed by atoms with Crippen molar-refractivity contribution >= 4 is 11.9 Å². The van der Waals surface area contributed by atoms with E-state index in [1.54, 1.807) is 0 Å². The molecule has 78 heavy (non-hydrogen) atoms. The summed E-state index contributed by atoms with van der Waals surface area (Å²) >= 11 is 0. The van der Waals surface area contributed by atoms with Gasteiger partial charge in [-0.05, 0) is 51.4 Å². The van der Waals surface area contributed by atoms with Crippen LogP contribution in [0, 0.1) is 0 Å². The van der Waals surface area contributed by atoms with Crippen LogP contribution in [0.25, 0.3) is 0 Å². The standard InChI is InChI=1S/C72H141NO5/c1-3-5-7-9-11-13-15-17-19-21-23-29-32-36-40-44-48-52-56-60-64-70(75)69(68-74)73-71(76)65-61-57-53-49-45-41-37-33-30-27-25-24-26-28-31-35-39-43-47-51-55-59-63-67-78-72(77)66-62-58-54-50-46-42-38-34-22-20-18-16-14-12-10-8-6-4-2/h20,22,69-70,74-75H,3-19,21,23-68H2,1-2H3,(H,73,76)/b22-20-. The monoisotopic (exact) mass is 1100 g/mol. The molecule has 0 rings (SSSR count). The molecule has 2 atom stereocenters. The van der Waals surface area contributed by atoms with E-state index in [1.807, 2.05) is 0 Å². The lowest BCUT2D eigenvalue weighted by Crippen LogP contribution is -2.45. The van der Waals surface area contributed by atoms with Crippen molar-refractivity contribution < 1.29 is 24.5 Å². The minimum atomic E-state index is -0.664. The molecule has 6 nitrogen and oxygen atoms in total. The Morgan fingerprint density at radius 3 is 0.910 bits per heavy atom. The third-order valence-electron chi connectivity index (χ3n) is 17.1. The SMILES string of the molecule is CCCCCCCCC/C=C\CCCCCCCCCC(=O)OCCCCCCCCCCCCCCCCCCCCCCCCCC(=O)NC(CO)C(O)CCCCCCCCCCCCCCCCCCCCCC. The van der Waals surface area contributed by atoms with Gasteiger partial charge in [-0.15, -0.1) is 0 Å². The lowest BCUT2D eigenvalue weighted by Gasteiger charge is -2.22. The fourth-order valence-corrected chi connectivity index (χ4v) is 11.6. The van der Waals surface area contributed by atoms with Crippen molar-refractivity contribution in [3.05, 3.63) is 12.2 Å². The molecule has 0 aliphatic rings. The lowest BCUT2D eigenvalue weighted by atomic mass is 10.0. The highest BCUT2D eigenvalue weighted by Crippen LogP contribution is 2.19. The second-order valence-electron chi connectivity index (χ2n) is 24.9. The van der Waals surface area contributed by atoms with E-state index in [0.29, 0.717) is 25.9 Å². The van der Waals surface area contributed by atoms with Crippen LogP contribution in [0.4, 0.5) is 0 Å². The normalized spacial score (nSPS) is 12.5. The minimum absolute atomic E-state index is 0.0129. The molecule has 0 aromatic heterocycles. The molecule has 0 spiro atoms. The summed E-state index contributed by atoms with van der Waals surface area (Å²) in [6, 6.07) is -0.541. The van der Waals surface area contributed by atoms with Crippen molar-refractivity contribution in [2.75, 3.05) is 13.2 Å². The summed E-state index contributed by atoms with van der Waals surface area (Å²) in [5.41, 5.74) is 0. The topological polar surface area (TPSA) is 95.9 Å². The van der Waals surface area contributed by atoms with E-state index in [0.717, 1.165) is 44.9 Å². The molecular weight excluding hydrogens is 959 g/mol. The Morgan fingerprint density at radius 2 is 0.603 bits per heavy atom. The van der Waals surface area contributed by atoms with Crippen LogP contribution in [-0.2, 0) is 14.3 Å². The van der Waals surface area contributed by atoms with E-state index in [2.05, 4.69) is 31.3 Å². The van der Waals surface area contributed by atoms with Crippen LogP contribution in [-0.4, -0.2) is 47.4 Å². The fraction of sp³-hybridized carbons (Fsp3) is 0.944. The zero-order valence-corrected chi connectivity index (χ0v) is 53.2. The molecule has 0 radical (unpaired) electrons. The third kappa shape index (κ3) is 63.8. The Bertz CT molecular complexity index is 1180. The summed E-state index contributed by atoms with van der Waals surface area (Å²) in [4.78, 5) is 24.7. The largest absolute Gasteiger partial charge is 0.466 e. The maximum Gasteiger partial charge on any atom is 0.305 e. The molecule has 0 aromatic carbocycles. The van der Waals surface area contributed by atoms with Crippen molar-refractivity contribution in [2.24, 2.45) is 0 Å². The predicted molar refractivity (Wildman–Crippen MR) is 343 cm³/mol. The average Bonchev–Trinajstić information content (AvgIpc) is 3.44. The summed E-state index contributed by atoms with van der Waals surface area (Å²) in [6.45, 7) is 4.99. The first-order valence-electron chi connectivity index (χ1n) is 35.9. The Hall–Kier alpha value is -1.40. The summed E-state index contributed by atoms with van der Waals surface area (Å²) in [5, 5.41) is 23.4. The van der Waals surface area contributed by atoms with Crippen molar-refractivity contribution in [1.29, 1.82) is 0 Å². The first-order valence-corrected chi connectivity index (χ1v) is 35.9. The van der Waals surface area contributed by atoms with Crippen LogP contribution in [0.2, 0.25) is 0 Å². The maximum absolute atomic E-state index is 12.5. The molecule has 0 bridgehead atoms. The molecule has 0 saturated carbocycles. The molecule has 0 aliphatic carbocycles. The number of hydrogen-bond donors (Lipinski definition) is 3. The highest BCUT2D eigenvalue weighted by molar-refractivity contribution is 5.76. The van der Waals surface area contributed by atoms with Gasteiger partial charge in [0.2, 0.25) is 5.91 Å². The van der Waals surface area contributed by atoms with E-state index in [4.69, 9.17) is 4.74 Å². The number of amides is 1. The van der Waals surface area contributed by atoms with Gasteiger partial charge in [0.1, 0.15) is 0 Å². The third-order valence-corrected chi connectivity index (χ3v) is 17.1. The number of ether oxygens (including phenoxy) is 1. The first kappa shape index (κ1) is 76.6. The average molecular weight is 1100 g/mol. The van der Waals surface area contributed by atoms with E-state index in [1.165, 1.54) is 334 Å². The van der Waals surface area contributed by atoms with Gasteiger partial charge < -0.3 is 20.3 Å². The van der Waals surface area contributed by atoms with Gasteiger partial charge in [0, 0.05) is 12.8 Å². The Morgan fingerprint density at radius 1 is 0.346 bits per heavy atom. The number of esters is 1. The molecule has 0 aromatic rings. The van der Waals surface area contributed by atoms with Crippen molar-refractivity contribution in [1.82, 2.24) is 5.32 Å². The highest BCUT2D eigenvalue weighted by atomic mass is 16.5. The second kappa shape index (κ2) is 68.1. The van der Waals surface area contributed by atoms with Crippen LogP contribution in [0.1, 0.15) is 412 Å². The van der Waals surface area contributed by atoms with Gasteiger partial charge in [0.15, 0.2) is 0 Å². The van der Waals surface area contributed by atoms with Gasteiger partial charge in [-0.1, -0.05) is 360 Å². The molecule has 0 heterocycles. The molecule has 0 fully saturated rings. The zero-order valence-electron chi connectivity index (χ0n) is 53.2. The molecule has 6 heteroatoms. The number of allylic oxidation sites excluding steroid dienone is 2. The second-order valence-corrected chi connectivity index (χ2v) is 24.9. The molecule has 0 aliphatic heterocycles. The van der Waals surface area contributed by atoms with Crippen LogP contribution in [0.5, 0.6) is 0 Å². The van der Waals surface area contributed by atoms with E-state index in [-0.39, 0.29) is 18.5 Å². The number of rotatable bonds is 68. The molecule has 3 N–H and O–H groups in total. The van der Waals surface area contributed by atoms with Crippen LogP contribution in [0.15, 0.2) is 12.2 Å². The molecule has 2 unspecified atom stereocenters. The minimum Gasteiger partial charge on any atom is -0.466 e. The quantitative estimate of drug-likeness (QED) is 0.0320. The summed E-state index contributed by atoms with van der Waals surface area (Å²) in [7, 11) is 0. The summed E-state index contributed by atoms with van der Waals surface area (Å²) < 4.78 is 5.51. The van der Waals surface area contributed by atoms with Gasteiger partial charge in [-0.25, -0.2) is 0 Å². The number of hydrogen-bond acceptors (Lipinski definition) is 5. The van der Waals surface area contributed by atoms with Gasteiger partial charge in [-0.2, -0.15) is 0 Å². The molecular formula is C72H141NO5. The number of carbonyl (C=O) groups excluding carboxylic acids is 2. The Kier molecular flexibility index (Phi) is 66.9. The van der Waals surface area contributed by atoms with Crippen molar-refractivity contribution in [3.63, 3.8) is 0 Å². The van der Waals surface area contributed by atoms with Crippen LogP contribution in [0.3, 0.4) is 0 Å². The van der Waals surface area contributed by atoms with Gasteiger partial charge in [-0.3, -0.25) is 9.59 Å².